The predicted octanol–water partition coefficient (Wildman–Crippen LogP) is 14.4. The molecule has 2 nitrogen and oxygen atoms in total. The number of hydrogen-bond donors (Lipinski definition) is 0. The van der Waals surface area contributed by atoms with Crippen molar-refractivity contribution in [3.63, 3.8) is 0 Å². The highest BCUT2D eigenvalue weighted by atomic mass is 15.2. The minimum absolute atomic E-state index is 1.17. The van der Waals surface area contributed by atoms with Crippen molar-refractivity contribution in [2.45, 2.75) is 41.5 Å². The fourth-order valence-corrected chi connectivity index (χ4v) is 8.23. The van der Waals surface area contributed by atoms with Crippen LogP contribution < -0.4 is 9.80 Å². The number of benzene rings is 8. The Balaban J connectivity index is 1.15. The van der Waals surface area contributed by atoms with E-state index in [0.29, 0.717) is 0 Å². The van der Waals surface area contributed by atoms with Crippen LogP contribution in [0.2, 0.25) is 0 Å². The van der Waals surface area contributed by atoms with E-state index in [9.17, 15) is 0 Å². The third-order valence-corrected chi connectivity index (χ3v) is 10.9. The van der Waals surface area contributed by atoms with Gasteiger partial charge < -0.3 is 9.80 Å². The lowest BCUT2D eigenvalue weighted by Gasteiger charge is -2.30. The molecule has 1 aliphatic rings. The summed E-state index contributed by atoms with van der Waals surface area (Å²) in [6, 6.07) is 54.3. The molecule has 0 spiro atoms. The molecule has 0 bridgehead atoms. The zero-order valence-corrected chi connectivity index (χ0v) is 30.8. The van der Waals surface area contributed by atoms with Crippen LogP contribution in [0, 0.1) is 41.5 Å². The molecule has 0 N–H and O–H groups in total. The minimum atomic E-state index is 1.17. The summed E-state index contributed by atoms with van der Waals surface area (Å²) in [6.07, 6.45) is 0. The highest BCUT2D eigenvalue weighted by Crippen LogP contribution is 2.51. The molecular weight excluding hydrogens is 629 g/mol. The van der Waals surface area contributed by atoms with Crippen LogP contribution in [-0.4, -0.2) is 0 Å². The van der Waals surface area contributed by atoms with Crippen molar-refractivity contribution in [2.24, 2.45) is 0 Å². The van der Waals surface area contributed by atoms with Gasteiger partial charge in [-0.15, -0.1) is 0 Å². The summed E-state index contributed by atoms with van der Waals surface area (Å²) < 4.78 is 0. The second-order valence-corrected chi connectivity index (χ2v) is 14.7. The average molecular weight is 671 g/mol. The molecule has 0 saturated carbocycles. The molecule has 252 valence electrons. The molecule has 0 unspecified atom stereocenters. The number of anilines is 6. The Morgan fingerprint density at radius 3 is 1.04 bits per heavy atom. The number of hydrogen-bond acceptors (Lipinski definition) is 2. The van der Waals surface area contributed by atoms with E-state index in [0.717, 1.165) is 0 Å². The van der Waals surface area contributed by atoms with Gasteiger partial charge in [0.25, 0.3) is 0 Å². The van der Waals surface area contributed by atoms with Crippen molar-refractivity contribution < 1.29 is 0 Å². The molecule has 1 aliphatic carbocycles. The van der Waals surface area contributed by atoms with E-state index < -0.39 is 0 Å². The largest absolute Gasteiger partial charge is 0.310 e. The van der Waals surface area contributed by atoms with Gasteiger partial charge in [0.1, 0.15) is 0 Å². The normalized spacial score (nSPS) is 11.7. The van der Waals surface area contributed by atoms with Gasteiger partial charge in [-0.05, 0) is 180 Å². The van der Waals surface area contributed by atoms with Gasteiger partial charge in [-0.3, -0.25) is 0 Å². The Bertz CT molecular complexity index is 2530. The van der Waals surface area contributed by atoms with Crippen molar-refractivity contribution in [3.8, 4) is 22.3 Å². The van der Waals surface area contributed by atoms with Gasteiger partial charge in [0.05, 0.1) is 0 Å². The van der Waals surface area contributed by atoms with E-state index in [1.165, 1.54) is 111 Å². The standard InChI is InChI=1S/C50H42N2/c1-31-15-21-49(35(5)23-31)51(47-13-9-7-11-33(47)3)41-19-17-37-27-43-44-28-38-18-20-42(26-40(38)30-46(44)45(43)29-39(37)25-41)52(48-14-10-8-12-34(48)4)50-22-16-32(2)24-36(50)6/h7-30H,1-6H3. The van der Waals surface area contributed by atoms with Crippen molar-refractivity contribution in [1.82, 2.24) is 0 Å². The van der Waals surface area contributed by atoms with Crippen molar-refractivity contribution in [1.29, 1.82) is 0 Å². The van der Waals surface area contributed by atoms with Crippen LogP contribution in [0.4, 0.5) is 34.1 Å². The molecule has 0 aromatic heterocycles. The fourth-order valence-electron chi connectivity index (χ4n) is 8.23. The Morgan fingerprint density at radius 2 is 0.654 bits per heavy atom. The zero-order chi connectivity index (χ0) is 35.7. The van der Waals surface area contributed by atoms with Crippen LogP contribution in [0.3, 0.4) is 0 Å². The highest BCUT2D eigenvalue weighted by Gasteiger charge is 2.25. The van der Waals surface area contributed by atoms with Gasteiger partial charge in [0.2, 0.25) is 0 Å². The topological polar surface area (TPSA) is 6.48 Å². The summed E-state index contributed by atoms with van der Waals surface area (Å²) >= 11 is 0. The summed E-state index contributed by atoms with van der Waals surface area (Å²) in [7, 11) is 0. The smallest absolute Gasteiger partial charge is 0.0491 e. The minimum Gasteiger partial charge on any atom is -0.310 e. The maximum atomic E-state index is 2.42. The summed E-state index contributed by atoms with van der Waals surface area (Å²) in [5.41, 5.74) is 20.0. The Labute approximate surface area is 307 Å². The second-order valence-electron chi connectivity index (χ2n) is 14.7. The average Bonchev–Trinajstić information content (AvgIpc) is 3.13. The number of rotatable bonds is 6. The molecule has 0 amide bonds. The summed E-state index contributed by atoms with van der Waals surface area (Å²) in [5.74, 6) is 0. The maximum absolute atomic E-state index is 2.42. The fraction of sp³-hybridized carbons (Fsp3) is 0.120. The monoisotopic (exact) mass is 670 g/mol. The number of nitrogens with zero attached hydrogens (tertiary/aromatic N) is 2. The molecule has 9 rings (SSSR count). The number of fused-ring (bicyclic) bond motifs is 6. The van der Waals surface area contributed by atoms with Gasteiger partial charge in [0, 0.05) is 34.1 Å². The third-order valence-electron chi connectivity index (χ3n) is 10.9. The zero-order valence-electron chi connectivity index (χ0n) is 30.8. The quantitative estimate of drug-likeness (QED) is 0.174. The first-order valence-corrected chi connectivity index (χ1v) is 18.3. The molecule has 8 aromatic rings. The lowest BCUT2D eigenvalue weighted by atomic mass is 9.78. The maximum Gasteiger partial charge on any atom is 0.0491 e. The van der Waals surface area contributed by atoms with Gasteiger partial charge in [0.15, 0.2) is 0 Å². The van der Waals surface area contributed by atoms with E-state index in [1.54, 1.807) is 0 Å². The molecule has 0 atom stereocenters. The lowest BCUT2D eigenvalue weighted by Crippen LogP contribution is -2.13. The third kappa shape index (κ3) is 5.26. The Morgan fingerprint density at radius 1 is 0.288 bits per heavy atom. The van der Waals surface area contributed by atoms with Crippen LogP contribution in [0.15, 0.2) is 146 Å². The van der Waals surface area contributed by atoms with Crippen molar-refractivity contribution >= 4 is 55.7 Å². The van der Waals surface area contributed by atoms with E-state index in [4.69, 9.17) is 0 Å². The Kier molecular flexibility index (Phi) is 7.52. The predicted molar refractivity (Wildman–Crippen MR) is 224 cm³/mol. The van der Waals surface area contributed by atoms with Crippen molar-refractivity contribution in [3.05, 3.63) is 179 Å². The first-order valence-electron chi connectivity index (χ1n) is 18.3. The van der Waals surface area contributed by atoms with Gasteiger partial charge in [-0.2, -0.15) is 0 Å². The van der Waals surface area contributed by atoms with Crippen LogP contribution in [0.1, 0.15) is 33.4 Å². The van der Waals surface area contributed by atoms with Crippen LogP contribution >= 0.6 is 0 Å². The molecule has 0 heterocycles. The van der Waals surface area contributed by atoms with Crippen LogP contribution in [-0.2, 0) is 0 Å². The summed E-state index contributed by atoms with van der Waals surface area (Å²) in [5, 5.41) is 5.02. The Hall–Kier alpha value is -6.12. The highest BCUT2D eigenvalue weighted by molar-refractivity contribution is 6.12. The van der Waals surface area contributed by atoms with Gasteiger partial charge >= 0.3 is 0 Å². The molecule has 0 saturated heterocycles. The molecular formula is C50H42N2. The van der Waals surface area contributed by atoms with Gasteiger partial charge in [-0.25, -0.2) is 0 Å². The number of aryl methyl sites for hydroxylation is 6. The van der Waals surface area contributed by atoms with E-state index in [1.807, 2.05) is 0 Å². The molecule has 0 fully saturated rings. The molecule has 0 radical (unpaired) electrons. The first kappa shape index (κ1) is 31.8. The molecule has 0 aliphatic heterocycles. The summed E-state index contributed by atoms with van der Waals surface area (Å²) in [6.45, 7) is 13.2. The van der Waals surface area contributed by atoms with E-state index in [-0.39, 0.29) is 0 Å². The van der Waals surface area contributed by atoms with E-state index >= 15 is 0 Å². The molecule has 2 heteroatoms. The molecule has 8 aromatic carbocycles. The van der Waals surface area contributed by atoms with Crippen LogP contribution in [0.25, 0.3) is 43.8 Å². The number of para-hydroxylation sites is 2. The SMILES string of the molecule is Cc1ccc(N(c2ccc3cc4c(cc3c2)-c2cc3cc(N(c5ccccc5C)c5ccc(C)cc5C)ccc3cc2-4)c2ccccc2C)c(C)c1. The van der Waals surface area contributed by atoms with E-state index in [2.05, 4.69) is 197 Å². The lowest BCUT2D eigenvalue weighted by molar-refractivity contribution is 1.22. The van der Waals surface area contributed by atoms with Gasteiger partial charge in [-0.1, -0.05) is 83.9 Å². The first-order chi connectivity index (χ1) is 25.2. The van der Waals surface area contributed by atoms with Crippen molar-refractivity contribution in [2.75, 3.05) is 9.80 Å². The summed E-state index contributed by atoms with van der Waals surface area (Å²) in [4.78, 5) is 4.84. The van der Waals surface area contributed by atoms with Crippen LogP contribution in [0.5, 0.6) is 0 Å². The second kappa shape index (κ2) is 12.3. The molecule has 52 heavy (non-hydrogen) atoms.